The van der Waals surface area contributed by atoms with Crippen LogP contribution >= 0.6 is 11.3 Å². The maximum absolute atomic E-state index is 11.8. The van der Waals surface area contributed by atoms with Crippen LogP contribution < -0.4 is 10.6 Å². The molecule has 0 aromatic carbocycles. The van der Waals surface area contributed by atoms with Crippen molar-refractivity contribution in [3.8, 4) is 0 Å². The molecule has 1 unspecified atom stereocenters. The molecule has 1 aromatic rings. The van der Waals surface area contributed by atoms with E-state index in [9.17, 15) is 4.79 Å². The number of nitrogens with zero attached hydrogens (tertiary/aromatic N) is 2. The Bertz CT molecular complexity index is 376. The summed E-state index contributed by atoms with van der Waals surface area (Å²) < 4.78 is 4.96. The summed E-state index contributed by atoms with van der Waals surface area (Å²) in [6, 6.07) is 0. The highest BCUT2D eigenvalue weighted by Gasteiger charge is 2.23. The first-order valence-electron chi connectivity index (χ1n) is 5.62. The normalized spacial score (nSPS) is 19.5. The van der Waals surface area contributed by atoms with E-state index in [4.69, 9.17) is 4.74 Å². The third-order valence-corrected chi connectivity index (χ3v) is 3.55. The number of amides is 1. The van der Waals surface area contributed by atoms with Gasteiger partial charge in [0.1, 0.15) is 5.01 Å². The fraction of sp³-hybridized carbons (Fsp3) is 0.700. The number of hydrogen-bond acceptors (Lipinski definition) is 6. The van der Waals surface area contributed by atoms with Crippen LogP contribution in [0.15, 0.2) is 0 Å². The number of rotatable bonds is 5. The van der Waals surface area contributed by atoms with Crippen LogP contribution in [-0.2, 0) is 16.0 Å². The molecule has 1 aliphatic heterocycles. The second-order valence-corrected chi connectivity index (χ2v) is 4.98. The van der Waals surface area contributed by atoms with E-state index in [1.807, 2.05) is 0 Å². The van der Waals surface area contributed by atoms with E-state index in [0.29, 0.717) is 11.7 Å². The van der Waals surface area contributed by atoms with Gasteiger partial charge in [-0.2, -0.15) is 0 Å². The summed E-state index contributed by atoms with van der Waals surface area (Å²) in [4.78, 5) is 11.8. The first-order valence-corrected chi connectivity index (χ1v) is 6.44. The molecule has 2 N–H and O–H groups in total. The number of ether oxygens (including phenoxy) is 1. The molecule has 1 saturated heterocycles. The van der Waals surface area contributed by atoms with E-state index in [0.717, 1.165) is 30.9 Å². The minimum absolute atomic E-state index is 0.0319. The molecule has 0 saturated carbocycles. The summed E-state index contributed by atoms with van der Waals surface area (Å²) in [5.74, 6) is 0.0887. The largest absolute Gasteiger partial charge is 0.384 e. The van der Waals surface area contributed by atoms with Crippen LogP contribution in [0.3, 0.4) is 0 Å². The lowest BCUT2D eigenvalue weighted by atomic mass is 10.1. The zero-order chi connectivity index (χ0) is 12.1. The van der Waals surface area contributed by atoms with Gasteiger partial charge >= 0.3 is 0 Å². The van der Waals surface area contributed by atoms with Crippen molar-refractivity contribution in [2.45, 2.75) is 12.8 Å². The summed E-state index contributed by atoms with van der Waals surface area (Å²) in [7, 11) is 1.65. The van der Waals surface area contributed by atoms with Crippen LogP contribution in [0.4, 0.5) is 5.13 Å². The fourth-order valence-corrected chi connectivity index (χ4v) is 2.40. The van der Waals surface area contributed by atoms with E-state index in [-0.39, 0.29) is 11.8 Å². The highest BCUT2D eigenvalue weighted by atomic mass is 32.1. The van der Waals surface area contributed by atoms with Crippen LogP contribution in [0.2, 0.25) is 0 Å². The van der Waals surface area contributed by atoms with Crippen LogP contribution in [0, 0.1) is 5.92 Å². The highest BCUT2D eigenvalue weighted by Crippen LogP contribution is 2.18. The molecule has 7 heteroatoms. The van der Waals surface area contributed by atoms with Gasteiger partial charge in [0.2, 0.25) is 11.0 Å². The Morgan fingerprint density at radius 2 is 2.53 bits per heavy atom. The Labute approximate surface area is 104 Å². The third-order valence-electron chi connectivity index (χ3n) is 2.65. The van der Waals surface area contributed by atoms with Crippen molar-refractivity contribution in [3.05, 3.63) is 5.01 Å². The molecule has 2 rings (SSSR count). The average Bonchev–Trinajstić information content (AvgIpc) is 2.97. The van der Waals surface area contributed by atoms with Crippen molar-refractivity contribution in [1.82, 2.24) is 15.5 Å². The lowest BCUT2D eigenvalue weighted by Crippen LogP contribution is -2.24. The lowest BCUT2D eigenvalue weighted by Gasteiger charge is -2.06. The Balaban J connectivity index is 1.85. The predicted molar refractivity (Wildman–Crippen MR) is 65.1 cm³/mol. The summed E-state index contributed by atoms with van der Waals surface area (Å²) in [6.45, 7) is 2.28. The molecule has 0 spiro atoms. The third kappa shape index (κ3) is 3.45. The van der Waals surface area contributed by atoms with Crippen LogP contribution in [0.25, 0.3) is 0 Å². The molecule has 0 aliphatic carbocycles. The van der Waals surface area contributed by atoms with Crippen molar-refractivity contribution < 1.29 is 9.53 Å². The molecule has 0 bridgehead atoms. The topological polar surface area (TPSA) is 76.1 Å². The quantitative estimate of drug-likeness (QED) is 0.791. The standard InChI is InChI=1S/C10H16N4O2S/c1-16-5-3-8-13-14-10(17-8)12-9(15)7-2-4-11-6-7/h7,11H,2-6H2,1H3,(H,12,14,15). The molecule has 1 aromatic heterocycles. The van der Waals surface area contributed by atoms with Gasteiger partial charge in [-0.1, -0.05) is 11.3 Å². The monoisotopic (exact) mass is 256 g/mol. The second kappa shape index (κ2) is 6.04. The van der Waals surface area contributed by atoms with Gasteiger partial charge in [0.25, 0.3) is 0 Å². The van der Waals surface area contributed by atoms with E-state index < -0.39 is 0 Å². The molecule has 1 amide bonds. The number of methoxy groups -OCH3 is 1. The zero-order valence-corrected chi connectivity index (χ0v) is 10.5. The number of aromatic nitrogens is 2. The Morgan fingerprint density at radius 1 is 1.65 bits per heavy atom. The van der Waals surface area contributed by atoms with Crippen molar-refractivity contribution in [3.63, 3.8) is 0 Å². The summed E-state index contributed by atoms with van der Waals surface area (Å²) in [6.07, 6.45) is 1.62. The second-order valence-electron chi connectivity index (χ2n) is 3.92. The minimum atomic E-state index is 0.0319. The molecule has 2 heterocycles. The number of nitrogens with one attached hydrogen (secondary N) is 2. The number of anilines is 1. The Morgan fingerprint density at radius 3 is 3.24 bits per heavy atom. The van der Waals surface area contributed by atoms with Gasteiger partial charge in [-0.05, 0) is 13.0 Å². The summed E-state index contributed by atoms with van der Waals surface area (Å²) in [5.41, 5.74) is 0. The van der Waals surface area contributed by atoms with E-state index in [1.165, 1.54) is 11.3 Å². The number of hydrogen-bond donors (Lipinski definition) is 2. The maximum Gasteiger partial charge on any atom is 0.230 e. The van der Waals surface area contributed by atoms with Crippen LogP contribution in [0.5, 0.6) is 0 Å². The van der Waals surface area contributed by atoms with Gasteiger partial charge in [-0.25, -0.2) is 0 Å². The smallest absolute Gasteiger partial charge is 0.230 e. The number of carbonyl (C=O) groups excluding carboxylic acids is 1. The van der Waals surface area contributed by atoms with Crippen LogP contribution in [0.1, 0.15) is 11.4 Å². The van der Waals surface area contributed by atoms with Gasteiger partial charge in [0, 0.05) is 20.1 Å². The summed E-state index contributed by atoms with van der Waals surface area (Å²) in [5, 5.41) is 15.4. The lowest BCUT2D eigenvalue weighted by molar-refractivity contribution is -0.119. The Hall–Kier alpha value is -1.05. The van der Waals surface area contributed by atoms with E-state index in [2.05, 4.69) is 20.8 Å². The average molecular weight is 256 g/mol. The Kier molecular flexibility index (Phi) is 4.41. The molecule has 0 radical (unpaired) electrons. The van der Waals surface area contributed by atoms with Gasteiger partial charge < -0.3 is 15.4 Å². The molecule has 1 fully saturated rings. The highest BCUT2D eigenvalue weighted by molar-refractivity contribution is 7.15. The first kappa shape index (κ1) is 12.4. The minimum Gasteiger partial charge on any atom is -0.384 e. The SMILES string of the molecule is COCCc1nnc(NC(=O)C2CCNC2)s1. The molecule has 6 nitrogen and oxygen atoms in total. The summed E-state index contributed by atoms with van der Waals surface area (Å²) >= 11 is 1.41. The van der Waals surface area contributed by atoms with Crippen molar-refractivity contribution in [1.29, 1.82) is 0 Å². The number of carbonyl (C=O) groups is 1. The first-order chi connectivity index (χ1) is 8.29. The van der Waals surface area contributed by atoms with Crippen molar-refractivity contribution in [2.24, 2.45) is 5.92 Å². The van der Waals surface area contributed by atoms with E-state index >= 15 is 0 Å². The molecule has 94 valence electrons. The predicted octanol–water partition coefficient (Wildman–Crippen LogP) is 0.275. The fourth-order valence-electron chi connectivity index (χ4n) is 1.68. The molecular formula is C10H16N4O2S. The molecule has 1 atom stereocenters. The molecule has 1 aliphatic rings. The van der Waals surface area contributed by atoms with E-state index in [1.54, 1.807) is 7.11 Å². The molecular weight excluding hydrogens is 240 g/mol. The van der Waals surface area contributed by atoms with Gasteiger partial charge in [0.15, 0.2) is 0 Å². The van der Waals surface area contributed by atoms with Gasteiger partial charge in [0.05, 0.1) is 12.5 Å². The van der Waals surface area contributed by atoms with Gasteiger partial charge in [-0.3, -0.25) is 4.79 Å². The molecule has 17 heavy (non-hydrogen) atoms. The zero-order valence-electron chi connectivity index (χ0n) is 9.73. The van der Waals surface area contributed by atoms with Crippen molar-refractivity contribution in [2.75, 3.05) is 32.1 Å². The van der Waals surface area contributed by atoms with Gasteiger partial charge in [-0.15, -0.1) is 10.2 Å². The van der Waals surface area contributed by atoms with Crippen LogP contribution in [-0.4, -0.2) is 42.9 Å². The van der Waals surface area contributed by atoms with Crippen molar-refractivity contribution >= 4 is 22.4 Å². The maximum atomic E-state index is 11.8.